The predicted molar refractivity (Wildman–Crippen MR) is 91.6 cm³/mol. The molecule has 21 heavy (non-hydrogen) atoms. The number of halogens is 1. The summed E-state index contributed by atoms with van der Waals surface area (Å²) in [6.45, 7) is 7.75. The fourth-order valence-corrected chi connectivity index (χ4v) is 4.14. The molecule has 0 aliphatic heterocycles. The van der Waals surface area contributed by atoms with Crippen LogP contribution in [0.25, 0.3) is 0 Å². The first-order chi connectivity index (χ1) is 9.92. The highest BCUT2D eigenvalue weighted by Crippen LogP contribution is 2.43. The molecule has 0 amide bonds. The van der Waals surface area contributed by atoms with Crippen molar-refractivity contribution < 1.29 is 0 Å². The standard InChI is InChI=1S/C18H29ClN2/c1-13-6-5-11-18(12-20,14(13)2)21(4)15(3)16-7-9-17(19)10-8-16/h7-10,13-15H,5-6,11-12,20H2,1-4H3. The van der Waals surface area contributed by atoms with Crippen LogP contribution in [-0.4, -0.2) is 24.0 Å². The molecule has 1 fully saturated rings. The van der Waals surface area contributed by atoms with Gasteiger partial charge in [0.05, 0.1) is 0 Å². The van der Waals surface area contributed by atoms with E-state index >= 15 is 0 Å². The zero-order valence-electron chi connectivity index (χ0n) is 13.8. The van der Waals surface area contributed by atoms with Gasteiger partial charge in [0.2, 0.25) is 0 Å². The van der Waals surface area contributed by atoms with E-state index in [2.05, 4.69) is 44.9 Å². The van der Waals surface area contributed by atoms with Crippen LogP contribution in [0.1, 0.15) is 51.6 Å². The minimum absolute atomic E-state index is 0.108. The lowest BCUT2D eigenvalue weighted by atomic mass is 9.67. The van der Waals surface area contributed by atoms with E-state index in [9.17, 15) is 0 Å². The maximum Gasteiger partial charge on any atom is 0.0406 e. The van der Waals surface area contributed by atoms with E-state index in [0.29, 0.717) is 12.0 Å². The van der Waals surface area contributed by atoms with Crippen molar-refractivity contribution >= 4 is 11.6 Å². The first kappa shape index (κ1) is 16.8. The SMILES string of the molecule is CC1CCCC(CN)(N(C)C(C)c2ccc(Cl)cc2)C1C. The molecule has 0 spiro atoms. The number of nitrogens with two attached hydrogens (primary N) is 1. The molecule has 0 aromatic heterocycles. The highest BCUT2D eigenvalue weighted by atomic mass is 35.5. The third-order valence-electron chi connectivity index (χ3n) is 5.96. The highest BCUT2D eigenvalue weighted by molar-refractivity contribution is 6.30. The molecule has 4 unspecified atom stereocenters. The van der Waals surface area contributed by atoms with E-state index in [-0.39, 0.29) is 5.54 Å². The van der Waals surface area contributed by atoms with Crippen molar-refractivity contribution in [3.8, 4) is 0 Å². The third-order valence-corrected chi connectivity index (χ3v) is 6.21. The average Bonchev–Trinajstić information content (AvgIpc) is 2.49. The summed E-state index contributed by atoms with van der Waals surface area (Å²) in [7, 11) is 2.24. The largest absolute Gasteiger partial charge is 0.329 e. The van der Waals surface area contributed by atoms with Gasteiger partial charge in [-0.3, -0.25) is 4.90 Å². The number of hydrogen-bond acceptors (Lipinski definition) is 2. The number of nitrogens with zero attached hydrogens (tertiary/aromatic N) is 1. The van der Waals surface area contributed by atoms with Crippen molar-refractivity contribution in [1.29, 1.82) is 0 Å². The van der Waals surface area contributed by atoms with Crippen molar-refractivity contribution in [2.45, 2.75) is 51.6 Å². The van der Waals surface area contributed by atoms with E-state index in [1.165, 1.54) is 24.8 Å². The topological polar surface area (TPSA) is 29.3 Å². The second-order valence-corrected chi connectivity index (χ2v) is 7.24. The maximum absolute atomic E-state index is 6.27. The molecular formula is C18H29ClN2. The average molecular weight is 309 g/mol. The van der Waals surface area contributed by atoms with Crippen molar-refractivity contribution in [2.75, 3.05) is 13.6 Å². The second kappa shape index (κ2) is 6.68. The predicted octanol–water partition coefficient (Wildman–Crippen LogP) is 4.49. The van der Waals surface area contributed by atoms with Crippen molar-refractivity contribution in [3.05, 3.63) is 34.9 Å². The van der Waals surface area contributed by atoms with Crippen LogP contribution in [0, 0.1) is 11.8 Å². The Morgan fingerprint density at radius 3 is 2.52 bits per heavy atom. The number of benzene rings is 1. The van der Waals surface area contributed by atoms with Crippen LogP contribution in [0.5, 0.6) is 0 Å². The Morgan fingerprint density at radius 1 is 1.33 bits per heavy atom. The minimum Gasteiger partial charge on any atom is -0.329 e. The van der Waals surface area contributed by atoms with Gasteiger partial charge in [-0.25, -0.2) is 0 Å². The summed E-state index contributed by atoms with van der Waals surface area (Å²) in [5.41, 5.74) is 7.68. The highest BCUT2D eigenvalue weighted by Gasteiger charge is 2.44. The molecule has 1 aromatic rings. The number of rotatable bonds is 4. The molecule has 2 N–H and O–H groups in total. The Morgan fingerprint density at radius 2 is 1.95 bits per heavy atom. The lowest BCUT2D eigenvalue weighted by Crippen LogP contribution is -2.60. The molecular weight excluding hydrogens is 280 g/mol. The summed E-state index contributed by atoms with van der Waals surface area (Å²) in [6.07, 6.45) is 3.80. The van der Waals surface area contributed by atoms with Crippen LogP contribution in [0.4, 0.5) is 0 Å². The molecule has 0 radical (unpaired) electrons. The summed E-state index contributed by atoms with van der Waals surface area (Å²) in [6, 6.07) is 8.56. The van der Waals surface area contributed by atoms with Gasteiger partial charge >= 0.3 is 0 Å². The van der Waals surface area contributed by atoms with Gasteiger partial charge in [-0.2, -0.15) is 0 Å². The van der Waals surface area contributed by atoms with Crippen LogP contribution >= 0.6 is 11.6 Å². The smallest absolute Gasteiger partial charge is 0.0406 e. The van der Waals surface area contributed by atoms with Crippen LogP contribution in [0.2, 0.25) is 5.02 Å². The molecule has 2 rings (SSSR count). The fraction of sp³-hybridized carbons (Fsp3) is 0.667. The van der Waals surface area contributed by atoms with Crippen LogP contribution in [0.15, 0.2) is 24.3 Å². The van der Waals surface area contributed by atoms with E-state index in [4.69, 9.17) is 17.3 Å². The first-order valence-electron chi connectivity index (χ1n) is 8.11. The Balaban J connectivity index is 2.26. The van der Waals surface area contributed by atoms with Crippen molar-refractivity contribution in [2.24, 2.45) is 17.6 Å². The molecule has 0 heterocycles. The number of likely N-dealkylation sites (N-methyl/N-ethyl adjacent to an activating group) is 1. The third kappa shape index (κ3) is 3.13. The van der Waals surface area contributed by atoms with Gasteiger partial charge in [0.25, 0.3) is 0 Å². The Bertz CT molecular complexity index is 459. The van der Waals surface area contributed by atoms with E-state index in [0.717, 1.165) is 17.5 Å². The lowest BCUT2D eigenvalue weighted by molar-refractivity contribution is -0.0166. The fourth-order valence-electron chi connectivity index (χ4n) is 4.02. The molecule has 0 saturated heterocycles. The molecule has 1 aromatic carbocycles. The summed E-state index contributed by atoms with van der Waals surface area (Å²) in [5, 5.41) is 0.793. The molecule has 0 bridgehead atoms. The Hall–Kier alpha value is -0.570. The lowest BCUT2D eigenvalue weighted by Gasteiger charge is -2.53. The van der Waals surface area contributed by atoms with Gasteiger partial charge in [0.1, 0.15) is 0 Å². The molecule has 3 heteroatoms. The normalized spacial score (nSPS) is 31.4. The summed E-state index contributed by atoms with van der Waals surface area (Å²) >= 11 is 6.01. The van der Waals surface area contributed by atoms with Gasteiger partial charge in [-0.05, 0) is 49.9 Å². The Labute approximate surface area is 134 Å². The number of hydrogen-bond donors (Lipinski definition) is 1. The monoisotopic (exact) mass is 308 g/mol. The zero-order chi connectivity index (χ0) is 15.6. The van der Waals surface area contributed by atoms with Gasteiger partial charge < -0.3 is 5.73 Å². The van der Waals surface area contributed by atoms with Gasteiger partial charge in [0, 0.05) is 23.1 Å². The zero-order valence-corrected chi connectivity index (χ0v) is 14.5. The molecule has 4 atom stereocenters. The van der Waals surface area contributed by atoms with E-state index in [1.54, 1.807) is 0 Å². The Kier molecular flexibility index (Phi) is 5.34. The molecule has 2 nitrogen and oxygen atoms in total. The van der Waals surface area contributed by atoms with Gasteiger partial charge in [-0.1, -0.05) is 50.4 Å². The molecule has 118 valence electrons. The second-order valence-electron chi connectivity index (χ2n) is 6.80. The quantitative estimate of drug-likeness (QED) is 0.888. The summed E-state index contributed by atoms with van der Waals surface area (Å²) < 4.78 is 0. The van der Waals surface area contributed by atoms with Gasteiger partial charge in [0.15, 0.2) is 0 Å². The molecule has 1 saturated carbocycles. The van der Waals surface area contributed by atoms with E-state index in [1.807, 2.05) is 12.1 Å². The van der Waals surface area contributed by atoms with Crippen molar-refractivity contribution in [1.82, 2.24) is 4.90 Å². The summed E-state index contributed by atoms with van der Waals surface area (Å²) in [4.78, 5) is 2.51. The maximum atomic E-state index is 6.27. The first-order valence-corrected chi connectivity index (χ1v) is 8.48. The van der Waals surface area contributed by atoms with Crippen LogP contribution in [0.3, 0.4) is 0 Å². The minimum atomic E-state index is 0.108. The summed E-state index contributed by atoms with van der Waals surface area (Å²) in [5.74, 6) is 1.36. The van der Waals surface area contributed by atoms with Crippen molar-refractivity contribution in [3.63, 3.8) is 0 Å². The van der Waals surface area contributed by atoms with Crippen LogP contribution in [-0.2, 0) is 0 Å². The van der Waals surface area contributed by atoms with Crippen LogP contribution < -0.4 is 5.73 Å². The molecule has 1 aliphatic rings. The molecule has 1 aliphatic carbocycles. The van der Waals surface area contributed by atoms with E-state index < -0.39 is 0 Å². The van der Waals surface area contributed by atoms with Gasteiger partial charge in [-0.15, -0.1) is 0 Å².